The number of aromatic amines is 1. The average Bonchev–Trinajstić information content (AvgIpc) is 2.91. The van der Waals surface area contributed by atoms with Gasteiger partial charge in [0.2, 0.25) is 0 Å². The van der Waals surface area contributed by atoms with E-state index in [1.54, 1.807) is 37.2 Å². The Hall–Kier alpha value is -2.97. The molecule has 9 nitrogen and oxygen atoms in total. The highest BCUT2D eigenvalue weighted by Gasteiger charge is 2.18. The summed E-state index contributed by atoms with van der Waals surface area (Å²) in [4.78, 5) is 25.2. The molecular weight excluding hydrogens is 262 g/mol. The highest BCUT2D eigenvalue weighted by atomic mass is 16.2. The van der Waals surface area contributed by atoms with Crippen molar-refractivity contribution >= 4 is 23.2 Å². The van der Waals surface area contributed by atoms with E-state index in [0.29, 0.717) is 11.4 Å². The first-order chi connectivity index (χ1) is 9.50. The van der Waals surface area contributed by atoms with E-state index in [-0.39, 0.29) is 11.4 Å². The molecule has 0 fully saturated rings. The van der Waals surface area contributed by atoms with E-state index in [2.05, 4.69) is 25.9 Å². The standard InChI is InChI=1S/C11H13N7O2/c1-18(2)7-5-3-4-6(8(7)9(12)19)13-11(20)10-14-16-17-15-10/h3-5H,1-2H3,(H2,12,19)(H,13,20)(H,14,15,16,17). The van der Waals surface area contributed by atoms with Gasteiger partial charge in [-0.1, -0.05) is 6.07 Å². The summed E-state index contributed by atoms with van der Waals surface area (Å²) < 4.78 is 0. The maximum absolute atomic E-state index is 11.9. The van der Waals surface area contributed by atoms with Crippen molar-refractivity contribution in [3.05, 3.63) is 29.6 Å². The van der Waals surface area contributed by atoms with Gasteiger partial charge in [-0.2, -0.15) is 5.21 Å². The van der Waals surface area contributed by atoms with Gasteiger partial charge in [-0.3, -0.25) is 9.59 Å². The first kappa shape index (κ1) is 13.5. The molecule has 0 unspecified atom stereocenters. The van der Waals surface area contributed by atoms with Crippen molar-refractivity contribution in [1.82, 2.24) is 20.6 Å². The van der Waals surface area contributed by atoms with Gasteiger partial charge in [-0.05, 0) is 17.3 Å². The van der Waals surface area contributed by atoms with E-state index in [1.165, 1.54) is 0 Å². The van der Waals surface area contributed by atoms with Crippen molar-refractivity contribution < 1.29 is 9.59 Å². The number of nitrogens with zero attached hydrogens (tertiary/aromatic N) is 4. The Bertz CT molecular complexity index is 636. The van der Waals surface area contributed by atoms with E-state index >= 15 is 0 Å². The molecule has 0 aliphatic heterocycles. The second kappa shape index (κ2) is 5.34. The number of anilines is 2. The molecule has 0 aliphatic rings. The minimum Gasteiger partial charge on any atom is -0.377 e. The van der Waals surface area contributed by atoms with Gasteiger partial charge in [-0.25, -0.2) is 0 Å². The fraction of sp³-hybridized carbons (Fsp3) is 0.182. The highest BCUT2D eigenvalue weighted by molar-refractivity contribution is 6.09. The molecule has 9 heteroatoms. The second-order valence-electron chi connectivity index (χ2n) is 4.15. The highest BCUT2D eigenvalue weighted by Crippen LogP contribution is 2.26. The van der Waals surface area contributed by atoms with E-state index in [9.17, 15) is 9.59 Å². The number of hydrogen-bond donors (Lipinski definition) is 3. The number of H-pyrrole nitrogens is 1. The van der Waals surface area contributed by atoms with Crippen molar-refractivity contribution in [1.29, 1.82) is 0 Å². The maximum Gasteiger partial charge on any atom is 0.297 e. The lowest BCUT2D eigenvalue weighted by molar-refractivity contribution is 0.100. The van der Waals surface area contributed by atoms with Crippen LogP contribution in [0.25, 0.3) is 0 Å². The lowest BCUT2D eigenvalue weighted by Crippen LogP contribution is -2.22. The molecule has 1 aromatic heterocycles. The SMILES string of the molecule is CN(C)c1cccc(NC(=O)c2nn[nH]n2)c1C(N)=O. The third-order valence-corrected chi connectivity index (χ3v) is 2.57. The van der Waals surface area contributed by atoms with Crippen molar-refractivity contribution in [2.24, 2.45) is 5.73 Å². The van der Waals surface area contributed by atoms with E-state index in [0.717, 1.165) is 0 Å². The first-order valence-electron chi connectivity index (χ1n) is 5.65. The van der Waals surface area contributed by atoms with Crippen LogP contribution in [0, 0.1) is 0 Å². The minimum absolute atomic E-state index is 0.129. The molecule has 2 aromatic rings. The van der Waals surface area contributed by atoms with Crippen LogP contribution in [0.15, 0.2) is 18.2 Å². The summed E-state index contributed by atoms with van der Waals surface area (Å²) in [5.74, 6) is -1.36. The number of carbonyl (C=O) groups is 2. The normalized spacial score (nSPS) is 10.1. The fourth-order valence-corrected chi connectivity index (χ4v) is 1.71. The summed E-state index contributed by atoms with van der Waals surface area (Å²) in [7, 11) is 3.54. The molecule has 2 amide bonds. The smallest absolute Gasteiger partial charge is 0.297 e. The van der Waals surface area contributed by atoms with Gasteiger partial charge in [0.05, 0.1) is 16.9 Å². The number of rotatable bonds is 4. The minimum atomic E-state index is -0.641. The Labute approximate surface area is 114 Å². The maximum atomic E-state index is 11.9. The molecule has 2 rings (SSSR count). The molecular formula is C11H13N7O2. The lowest BCUT2D eigenvalue weighted by Gasteiger charge is -2.18. The molecule has 20 heavy (non-hydrogen) atoms. The lowest BCUT2D eigenvalue weighted by atomic mass is 10.1. The van der Waals surface area contributed by atoms with Gasteiger partial charge in [-0.15, -0.1) is 10.2 Å². The zero-order valence-corrected chi connectivity index (χ0v) is 10.9. The molecule has 0 radical (unpaired) electrons. The number of hydrogen-bond acceptors (Lipinski definition) is 6. The average molecular weight is 275 g/mol. The predicted octanol–water partition coefficient (Wildman–Crippen LogP) is -0.383. The fourth-order valence-electron chi connectivity index (χ4n) is 1.71. The number of amides is 2. The molecule has 0 saturated carbocycles. The summed E-state index contributed by atoms with van der Waals surface area (Å²) in [5, 5.41) is 15.1. The van der Waals surface area contributed by atoms with E-state index in [1.807, 2.05) is 0 Å². The molecule has 104 valence electrons. The van der Waals surface area contributed by atoms with Crippen LogP contribution in [-0.4, -0.2) is 46.5 Å². The van der Waals surface area contributed by atoms with Crippen molar-refractivity contribution in [2.45, 2.75) is 0 Å². The van der Waals surface area contributed by atoms with Crippen LogP contribution in [0.2, 0.25) is 0 Å². The van der Waals surface area contributed by atoms with Crippen LogP contribution < -0.4 is 16.0 Å². The predicted molar refractivity (Wildman–Crippen MR) is 71.4 cm³/mol. The summed E-state index contributed by atoms with van der Waals surface area (Å²) in [5.41, 5.74) is 6.49. The quantitative estimate of drug-likeness (QED) is 0.697. The van der Waals surface area contributed by atoms with Crippen LogP contribution in [0.4, 0.5) is 11.4 Å². The monoisotopic (exact) mass is 275 g/mol. The summed E-state index contributed by atoms with van der Waals surface area (Å²) in [6.07, 6.45) is 0. The van der Waals surface area contributed by atoms with Crippen LogP contribution in [0.3, 0.4) is 0 Å². The Morgan fingerprint density at radius 3 is 2.65 bits per heavy atom. The van der Waals surface area contributed by atoms with E-state index < -0.39 is 11.8 Å². The Morgan fingerprint density at radius 2 is 2.10 bits per heavy atom. The molecule has 0 aliphatic carbocycles. The number of nitrogens with one attached hydrogen (secondary N) is 2. The Kier molecular flexibility index (Phi) is 3.60. The number of tetrazole rings is 1. The van der Waals surface area contributed by atoms with Gasteiger partial charge in [0.1, 0.15) is 0 Å². The van der Waals surface area contributed by atoms with Crippen molar-refractivity contribution in [2.75, 3.05) is 24.3 Å². The largest absolute Gasteiger partial charge is 0.377 e. The Balaban J connectivity index is 2.39. The van der Waals surface area contributed by atoms with Crippen LogP contribution >= 0.6 is 0 Å². The second-order valence-corrected chi connectivity index (χ2v) is 4.15. The molecule has 0 saturated heterocycles. The van der Waals surface area contributed by atoms with Crippen LogP contribution in [0.1, 0.15) is 21.0 Å². The van der Waals surface area contributed by atoms with Gasteiger partial charge in [0.15, 0.2) is 0 Å². The van der Waals surface area contributed by atoms with Crippen LogP contribution in [0.5, 0.6) is 0 Å². The number of benzene rings is 1. The third-order valence-electron chi connectivity index (χ3n) is 2.57. The van der Waals surface area contributed by atoms with E-state index in [4.69, 9.17) is 5.73 Å². The molecule has 1 heterocycles. The van der Waals surface area contributed by atoms with Crippen molar-refractivity contribution in [3.8, 4) is 0 Å². The third kappa shape index (κ3) is 2.55. The van der Waals surface area contributed by atoms with Gasteiger partial charge < -0.3 is 16.0 Å². The van der Waals surface area contributed by atoms with Crippen molar-refractivity contribution in [3.63, 3.8) is 0 Å². The summed E-state index contributed by atoms with van der Waals surface area (Å²) in [6.45, 7) is 0. The molecule has 4 N–H and O–H groups in total. The zero-order chi connectivity index (χ0) is 14.7. The summed E-state index contributed by atoms with van der Waals surface area (Å²) >= 11 is 0. The number of primary amides is 1. The van der Waals surface area contributed by atoms with Gasteiger partial charge in [0, 0.05) is 14.1 Å². The number of aromatic nitrogens is 4. The molecule has 1 aromatic carbocycles. The zero-order valence-electron chi connectivity index (χ0n) is 10.9. The van der Waals surface area contributed by atoms with Gasteiger partial charge >= 0.3 is 0 Å². The van der Waals surface area contributed by atoms with Gasteiger partial charge in [0.25, 0.3) is 17.6 Å². The molecule has 0 spiro atoms. The summed E-state index contributed by atoms with van der Waals surface area (Å²) in [6, 6.07) is 5.00. The topological polar surface area (TPSA) is 130 Å². The molecule has 0 bridgehead atoms. The number of nitrogens with two attached hydrogens (primary N) is 1. The van der Waals surface area contributed by atoms with Crippen LogP contribution in [-0.2, 0) is 0 Å². The Morgan fingerprint density at radius 1 is 1.35 bits per heavy atom. The first-order valence-corrected chi connectivity index (χ1v) is 5.65. The molecule has 0 atom stereocenters. The number of carbonyl (C=O) groups excluding carboxylic acids is 2.